The second-order valence-corrected chi connectivity index (χ2v) is 7.02. The molecule has 0 spiro atoms. The zero-order chi connectivity index (χ0) is 16.5. The Morgan fingerprint density at radius 1 is 1.25 bits per heavy atom. The van der Waals surface area contributed by atoms with Crippen LogP contribution in [0, 0.1) is 5.92 Å². The zero-order valence-electron chi connectivity index (χ0n) is 14.1. The van der Waals surface area contributed by atoms with Crippen LogP contribution >= 0.6 is 0 Å². The van der Waals surface area contributed by atoms with Crippen molar-refractivity contribution >= 4 is 5.91 Å². The lowest BCUT2D eigenvalue weighted by Crippen LogP contribution is -2.44. The zero-order valence-corrected chi connectivity index (χ0v) is 14.1. The molecule has 128 valence electrons. The van der Waals surface area contributed by atoms with Gasteiger partial charge in [-0.25, -0.2) is 4.98 Å². The Labute approximate surface area is 141 Å². The number of aromatic nitrogens is 5. The van der Waals surface area contributed by atoms with Crippen molar-refractivity contribution in [2.75, 3.05) is 13.1 Å². The Morgan fingerprint density at radius 2 is 2.12 bits per heavy atom. The van der Waals surface area contributed by atoms with Gasteiger partial charge in [-0.15, -0.1) is 10.2 Å². The Morgan fingerprint density at radius 3 is 2.83 bits per heavy atom. The molecule has 3 heterocycles. The maximum Gasteiger partial charge on any atom is 0.225 e. The molecule has 0 aromatic carbocycles. The number of carbonyl (C=O) groups is 1. The lowest BCUT2D eigenvalue weighted by molar-refractivity contribution is -0.139. The molecule has 7 heteroatoms. The lowest BCUT2D eigenvalue weighted by atomic mass is 9.83. The van der Waals surface area contributed by atoms with Gasteiger partial charge in [-0.05, 0) is 25.7 Å². The summed E-state index contributed by atoms with van der Waals surface area (Å²) in [6.45, 7) is 2.35. The number of imidazole rings is 1. The normalized spacial score (nSPS) is 21.7. The van der Waals surface area contributed by atoms with Crippen LogP contribution in [-0.4, -0.2) is 48.2 Å². The quantitative estimate of drug-likeness (QED) is 0.854. The van der Waals surface area contributed by atoms with Gasteiger partial charge in [-0.2, -0.15) is 0 Å². The molecule has 0 radical (unpaired) electrons. The molecular weight excluding hydrogens is 304 g/mol. The van der Waals surface area contributed by atoms with E-state index in [1.807, 2.05) is 17.8 Å². The molecule has 24 heavy (non-hydrogen) atoms. The number of amides is 1. The van der Waals surface area contributed by atoms with Crippen molar-refractivity contribution in [3.8, 4) is 0 Å². The summed E-state index contributed by atoms with van der Waals surface area (Å²) in [5, 5.41) is 8.79. The topological polar surface area (TPSA) is 68.8 Å². The van der Waals surface area contributed by atoms with Gasteiger partial charge in [-0.1, -0.05) is 6.42 Å². The van der Waals surface area contributed by atoms with Gasteiger partial charge in [0.1, 0.15) is 5.82 Å². The van der Waals surface area contributed by atoms with Gasteiger partial charge >= 0.3 is 0 Å². The molecule has 1 saturated carbocycles. The highest BCUT2D eigenvalue weighted by Gasteiger charge is 2.33. The first-order chi connectivity index (χ1) is 11.7. The molecule has 1 saturated heterocycles. The molecule has 1 amide bonds. The molecule has 2 aromatic rings. The smallest absolute Gasteiger partial charge is 0.225 e. The van der Waals surface area contributed by atoms with Gasteiger partial charge in [-0.3, -0.25) is 4.79 Å². The minimum Gasteiger partial charge on any atom is -0.342 e. The first-order valence-corrected chi connectivity index (χ1v) is 8.85. The summed E-state index contributed by atoms with van der Waals surface area (Å²) < 4.78 is 4.07. The SMILES string of the molecule is Cn1c(Cn2ccnc2)nnc1C1CCCN(C(=O)C2CCC2)C1. The Balaban J connectivity index is 1.47. The average molecular weight is 328 g/mol. The second kappa shape index (κ2) is 6.37. The van der Waals surface area contributed by atoms with Crippen molar-refractivity contribution in [2.45, 2.75) is 44.6 Å². The molecule has 0 bridgehead atoms. The van der Waals surface area contributed by atoms with Crippen molar-refractivity contribution in [3.05, 3.63) is 30.4 Å². The Hall–Kier alpha value is -2.18. The van der Waals surface area contributed by atoms with E-state index in [1.165, 1.54) is 6.42 Å². The maximum atomic E-state index is 12.5. The molecule has 4 rings (SSSR count). The van der Waals surface area contributed by atoms with E-state index in [1.54, 1.807) is 12.5 Å². The van der Waals surface area contributed by atoms with Gasteiger partial charge < -0.3 is 14.0 Å². The Bertz CT molecular complexity index is 703. The fourth-order valence-electron chi connectivity index (χ4n) is 3.71. The van der Waals surface area contributed by atoms with Crippen molar-refractivity contribution in [1.29, 1.82) is 0 Å². The largest absolute Gasteiger partial charge is 0.342 e. The van der Waals surface area contributed by atoms with Gasteiger partial charge in [0.25, 0.3) is 0 Å². The van der Waals surface area contributed by atoms with Crippen LogP contribution in [0.15, 0.2) is 18.7 Å². The fourth-order valence-corrected chi connectivity index (χ4v) is 3.71. The third kappa shape index (κ3) is 2.83. The molecule has 1 atom stereocenters. The predicted molar refractivity (Wildman–Crippen MR) is 88.2 cm³/mol. The number of likely N-dealkylation sites (tertiary alicyclic amines) is 1. The highest BCUT2D eigenvalue weighted by atomic mass is 16.2. The number of rotatable bonds is 4. The van der Waals surface area contributed by atoms with Crippen LogP contribution in [0.1, 0.15) is 49.7 Å². The highest BCUT2D eigenvalue weighted by molar-refractivity contribution is 5.79. The van der Waals surface area contributed by atoms with Crippen molar-refractivity contribution in [3.63, 3.8) is 0 Å². The van der Waals surface area contributed by atoms with Crippen molar-refractivity contribution in [2.24, 2.45) is 13.0 Å². The van der Waals surface area contributed by atoms with E-state index in [2.05, 4.69) is 24.6 Å². The van der Waals surface area contributed by atoms with Crippen LogP contribution in [0.25, 0.3) is 0 Å². The molecule has 2 fully saturated rings. The van der Waals surface area contributed by atoms with E-state index in [-0.39, 0.29) is 11.8 Å². The number of nitrogens with zero attached hydrogens (tertiary/aromatic N) is 6. The summed E-state index contributed by atoms with van der Waals surface area (Å²) in [7, 11) is 2.02. The van der Waals surface area contributed by atoms with Crippen molar-refractivity contribution in [1.82, 2.24) is 29.2 Å². The second-order valence-electron chi connectivity index (χ2n) is 7.02. The number of carbonyl (C=O) groups excluding carboxylic acids is 1. The molecular formula is C17H24N6O. The molecule has 7 nitrogen and oxygen atoms in total. The first kappa shape index (κ1) is 15.4. The summed E-state index contributed by atoms with van der Waals surface area (Å²) in [5.41, 5.74) is 0. The Kier molecular flexibility index (Phi) is 4.08. The monoisotopic (exact) mass is 328 g/mol. The van der Waals surface area contributed by atoms with Gasteiger partial charge in [0.15, 0.2) is 5.82 Å². The van der Waals surface area contributed by atoms with Crippen LogP contribution in [0.5, 0.6) is 0 Å². The highest BCUT2D eigenvalue weighted by Crippen LogP contribution is 2.32. The third-order valence-electron chi connectivity index (χ3n) is 5.43. The number of piperidine rings is 1. The molecule has 0 N–H and O–H groups in total. The minimum atomic E-state index is 0.278. The van der Waals surface area contributed by atoms with Gasteiger partial charge in [0.05, 0.1) is 12.9 Å². The standard InChI is InChI=1S/C17H24N6O/c1-21-15(11-22-9-7-18-12-22)19-20-16(21)14-6-3-8-23(10-14)17(24)13-4-2-5-13/h7,9,12-14H,2-6,8,10-11H2,1H3. The van der Waals surface area contributed by atoms with E-state index in [0.717, 1.165) is 50.4 Å². The van der Waals surface area contributed by atoms with Crippen LogP contribution in [0.2, 0.25) is 0 Å². The summed E-state index contributed by atoms with van der Waals surface area (Å²) in [6.07, 6.45) is 10.9. The molecule has 1 aliphatic carbocycles. The lowest BCUT2D eigenvalue weighted by Gasteiger charge is -2.36. The first-order valence-electron chi connectivity index (χ1n) is 8.85. The minimum absolute atomic E-state index is 0.278. The molecule has 1 aliphatic heterocycles. The summed E-state index contributed by atoms with van der Waals surface area (Å²) in [6, 6.07) is 0. The van der Waals surface area contributed by atoms with Crippen LogP contribution in [0.4, 0.5) is 0 Å². The predicted octanol–water partition coefficient (Wildman–Crippen LogP) is 1.57. The van der Waals surface area contributed by atoms with Crippen LogP contribution in [-0.2, 0) is 18.4 Å². The van der Waals surface area contributed by atoms with E-state index >= 15 is 0 Å². The van der Waals surface area contributed by atoms with Crippen molar-refractivity contribution < 1.29 is 4.79 Å². The van der Waals surface area contributed by atoms with E-state index < -0.39 is 0 Å². The maximum absolute atomic E-state index is 12.5. The molecule has 2 aromatic heterocycles. The summed E-state index contributed by atoms with van der Waals surface area (Å²) in [5.74, 6) is 2.84. The van der Waals surface area contributed by atoms with Gasteiger partial charge in [0.2, 0.25) is 5.91 Å². The average Bonchev–Trinajstić information content (AvgIpc) is 3.17. The van der Waals surface area contributed by atoms with Crippen LogP contribution in [0.3, 0.4) is 0 Å². The summed E-state index contributed by atoms with van der Waals surface area (Å²) >= 11 is 0. The fraction of sp³-hybridized carbons (Fsp3) is 0.647. The van der Waals surface area contributed by atoms with E-state index in [9.17, 15) is 4.79 Å². The number of hydrogen-bond donors (Lipinski definition) is 0. The molecule has 1 unspecified atom stereocenters. The van der Waals surface area contributed by atoms with E-state index in [0.29, 0.717) is 12.5 Å². The van der Waals surface area contributed by atoms with Crippen LogP contribution < -0.4 is 0 Å². The third-order valence-corrected chi connectivity index (χ3v) is 5.43. The molecule has 2 aliphatic rings. The van der Waals surface area contributed by atoms with E-state index in [4.69, 9.17) is 0 Å². The number of hydrogen-bond acceptors (Lipinski definition) is 4. The summed E-state index contributed by atoms with van der Waals surface area (Å²) in [4.78, 5) is 18.7. The van der Waals surface area contributed by atoms with Gasteiger partial charge in [0, 0.05) is 44.4 Å².